The standard InChI is InChI=1S/C26H32F2N6O2/c1-16(2)17-3-5-18(6-4-17)34-15-21(24(32-34)25(27)28)30-26(35)19-9-10-29-20-7-8-22(31-23(19)20)33-11-13-36-14-12-33/h7-10,15-18,25H,3-6,11-14H2,1-2H3,(H,30,35)/t17-,18-. The zero-order valence-corrected chi connectivity index (χ0v) is 20.7. The van der Waals surface area contributed by atoms with E-state index in [-0.39, 0.29) is 17.3 Å². The molecule has 8 nitrogen and oxygen atoms in total. The van der Waals surface area contributed by atoms with Gasteiger partial charge in [-0.15, -0.1) is 0 Å². The Morgan fingerprint density at radius 3 is 2.56 bits per heavy atom. The Balaban J connectivity index is 1.39. The molecule has 1 amide bonds. The van der Waals surface area contributed by atoms with Gasteiger partial charge in [-0.2, -0.15) is 5.10 Å². The number of rotatable bonds is 6. The van der Waals surface area contributed by atoms with Gasteiger partial charge in [-0.25, -0.2) is 13.8 Å². The summed E-state index contributed by atoms with van der Waals surface area (Å²) in [5.41, 5.74) is 0.897. The summed E-state index contributed by atoms with van der Waals surface area (Å²) < 4.78 is 34.8. The minimum atomic E-state index is -2.80. The van der Waals surface area contributed by atoms with Gasteiger partial charge in [0.2, 0.25) is 0 Å². The maximum Gasteiger partial charge on any atom is 0.284 e. The monoisotopic (exact) mass is 498 g/mol. The highest BCUT2D eigenvalue weighted by Gasteiger charge is 2.28. The zero-order valence-electron chi connectivity index (χ0n) is 20.7. The van der Waals surface area contributed by atoms with Gasteiger partial charge in [0.15, 0.2) is 5.69 Å². The second-order valence-corrected chi connectivity index (χ2v) is 9.97. The number of alkyl halides is 2. The van der Waals surface area contributed by atoms with Gasteiger partial charge in [0.05, 0.1) is 36.0 Å². The summed E-state index contributed by atoms with van der Waals surface area (Å²) >= 11 is 0. The average Bonchev–Trinajstić information content (AvgIpc) is 3.32. The van der Waals surface area contributed by atoms with E-state index in [9.17, 15) is 13.6 Å². The molecule has 1 aliphatic heterocycles. The lowest BCUT2D eigenvalue weighted by Crippen LogP contribution is -2.36. The number of amides is 1. The van der Waals surface area contributed by atoms with Crippen LogP contribution < -0.4 is 10.2 Å². The number of hydrogen-bond acceptors (Lipinski definition) is 6. The van der Waals surface area contributed by atoms with Crippen LogP contribution in [-0.4, -0.2) is 52.0 Å². The molecule has 1 saturated carbocycles. The molecule has 192 valence electrons. The smallest absolute Gasteiger partial charge is 0.284 e. The first-order chi connectivity index (χ1) is 17.4. The number of hydrogen-bond donors (Lipinski definition) is 1. The Hall–Kier alpha value is -3.14. The Morgan fingerprint density at radius 2 is 1.86 bits per heavy atom. The van der Waals surface area contributed by atoms with Crippen LogP contribution in [-0.2, 0) is 4.74 Å². The van der Waals surface area contributed by atoms with Gasteiger partial charge in [-0.05, 0) is 55.7 Å². The van der Waals surface area contributed by atoms with E-state index in [2.05, 4.69) is 34.1 Å². The van der Waals surface area contributed by atoms with Crippen molar-refractivity contribution in [1.82, 2.24) is 19.7 Å². The summed E-state index contributed by atoms with van der Waals surface area (Å²) in [6.07, 6.45) is 4.16. The van der Waals surface area contributed by atoms with E-state index in [1.165, 1.54) is 6.20 Å². The molecule has 2 fully saturated rings. The molecule has 1 saturated heterocycles. The number of nitrogens with zero attached hydrogens (tertiary/aromatic N) is 5. The van der Waals surface area contributed by atoms with Gasteiger partial charge < -0.3 is 15.0 Å². The molecule has 0 radical (unpaired) electrons. The fourth-order valence-electron chi connectivity index (χ4n) is 5.24. The van der Waals surface area contributed by atoms with Crippen molar-refractivity contribution < 1.29 is 18.3 Å². The molecular formula is C26H32F2N6O2. The van der Waals surface area contributed by atoms with Crippen LogP contribution in [0.15, 0.2) is 30.6 Å². The van der Waals surface area contributed by atoms with E-state index in [0.29, 0.717) is 49.2 Å². The van der Waals surface area contributed by atoms with E-state index < -0.39 is 18.0 Å². The third-order valence-electron chi connectivity index (χ3n) is 7.42. The van der Waals surface area contributed by atoms with Crippen LogP contribution >= 0.6 is 0 Å². The molecule has 10 heteroatoms. The number of fused-ring (bicyclic) bond motifs is 1. The van der Waals surface area contributed by atoms with Crippen LogP contribution in [0.5, 0.6) is 0 Å². The molecular weight excluding hydrogens is 466 g/mol. The van der Waals surface area contributed by atoms with Gasteiger partial charge in [0, 0.05) is 25.5 Å². The molecule has 3 aromatic heterocycles. The third-order valence-corrected chi connectivity index (χ3v) is 7.42. The lowest BCUT2D eigenvalue weighted by atomic mass is 9.80. The lowest BCUT2D eigenvalue weighted by molar-refractivity contribution is 0.102. The molecule has 0 unspecified atom stereocenters. The molecule has 1 aliphatic carbocycles. The van der Waals surface area contributed by atoms with E-state index >= 15 is 0 Å². The number of morpholine rings is 1. The predicted molar refractivity (Wildman–Crippen MR) is 134 cm³/mol. The predicted octanol–water partition coefficient (Wildman–Crippen LogP) is 5.24. The van der Waals surface area contributed by atoms with Gasteiger partial charge in [-0.3, -0.25) is 14.5 Å². The van der Waals surface area contributed by atoms with Crippen molar-refractivity contribution >= 4 is 28.4 Å². The summed E-state index contributed by atoms with van der Waals surface area (Å²) in [7, 11) is 0. The first kappa shape index (κ1) is 24.5. The Labute approximate surface area is 209 Å². The van der Waals surface area contributed by atoms with Crippen molar-refractivity contribution in [2.24, 2.45) is 11.8 Å². The topological polar surface area (TPSA) is 85.2 Å². The number of pyridine rings is 2. The van der Waals surface area contributed by atoms with Gasteiger partial charge >= 0.3 is 0 Å². The lowest BCUT2D eigenvalue weighted by Gasteiger charge is -2.30. The SMILES string of the molecule is CC(C)[C@H]1CC[C@H](n2cc(NC(=O)c3ccnc4ccc(N5CCOCC5)nc34)c(C(F)F)n2)CC1. The van der Waals surface area contributed by atoms with Gasteiger partial charge in [0.1, 0.15) is 11.3 Å². The molecule has 0 spiro atoms. The Bertz CT molecular complexity index is 1220. The maximum absolute atomic E-state index is 13.9. The van der Waals surface area contributed by atoms with Crippen molar-refractivity contribution in [3.05, 3.63) is 41.9 Å². The Kier molecular flexibility index (Phi) is 7.13. The minimum absolute atomic E-state index is 0.0373. The molecule has 36 heavy (non-hydrogen) atoms. The maximum atomic E-state index is 13.9. The van der Waals surface area contributed by atoms with Crippen molar-refractivity contribution in [2.75, 3.05) is 36.5 Å². The fourth-order valence-corrected chi connectivity index (χ4v) is 5.24. The average molecular weight is 499 g/mol. The largest absolute Gasteiger partial charge is 0.378 e. The van der Waals surface area contributed by atoms with E-state index in [1.54, 1.807) is 16.9 Å². The van der Waals surface area contributed by atoms with Crippen LogP contribution in [0.2, 0.25) is 0 Å². The van der Waals surface area contributed by atoms with E-state index in [4.69, 9.17) is 9.72 Å². The molecule has 4 heterocycles. The highest BCUT2D eigenvalue weighted by atomic mass is 19.3. The van der Waals surface area contributed by atoms with E-state index in [1.807, 2.05) is 12.1 Å². The highest BCUT2D eigenvalue weighted by molar-refractivity contribution is 6.11. The number of nitrogens with one attached hydrogen (secondary N) is 1. The zero-order chi connectivity index (χ0) is 25.2. The molecule has 0 bridgehead atoms. The third kappa shape index (κ3) is 5.04. The van der Waals surface area contributed by atoms with E-state index in [0.717, 1.165) is 31.5 Å². The van der Waals surface area contributed by atoms with Crippen LogP contribution in [0.25, 0.3) is 11.0 Å². The van der Waals surface area contributed by atoms with Crippen LogP contribution in [0.4, 0.5) is 20.3 Å². The van der Waals surface area contributed by atoms with Crippen LogP contribution in [0.3, 0.4) is 0 Å². The second kappa shape index (κ2) is 10.5. The van der Waals surface area contributed by atoms with Crippen molar-refractivity contribution in [1.29, 1.82) is 0 Å². The summed E-state index contributed by atoms with van der Waals surface area (Å²) in [4.78, 5) is 24.4. The van der Waals surface area contributed by atoms with Crippen LogP contribution in [0.1, 0.15) is 68.0 Å². The van der Waals surface area contributed by atoms with Gasteiger partial charge in [0.25, 0.3) is 12.3 Å². The quantitative estimate of drug-likeness (QED) is 0.500. The number of carbonyl (C=O) groups excluding carboxylic acids is 1. The highest BCUT2D eigenvalue weighted by Crippen LogP contribution is 2.37. The number of ether oxygens (including phenoxy) is 1. The number of aromatic nitrogens is 4. The van der Waals surface area contributed by atoms with Crippen LogP contribution in [0, 0.1) is 11.8 Å². The molecule has 0 atom stereocenters. The minimum Gasteiger partial charge on any atom is -0.378 e. The molecule has 0 aromatic carbocycles. The summed E-state index contributed by atoms with van der Waals surface area (Å²) in [5, 5.41) is 6.88. The summed E-state index contributed by atoms with van der Waals surface area (Å²) in [6, 6.07) is 5.31. The number of halogens is 2. The fraction of sp³-hybridized carbons (Fsp3) is 0.538. The molecule has 5 rings (SSSR count). The first-order valence-electron chi connectivity index (χ1n) is 12.7. The Morgan fingerprint density at radius 1 is 1.11 bits per heavy atom. The van der Waals surface area contributed by atoms with Crippen molar-refractivity contribution in [3.8, 4) is 0 Å². The summed E-state index contributed by atoms with van der Waals surface area (Å²) in [6.45, 7) is 7.08. The summed E-state index contributed by atoms with van der Waals surface area (Å²) in [5.74, 6) is 1.48. The van der Waals surface area contributed by atoms with Crippen molar-refractivity contribution in [3.63, 3.8) is 0 Å². The second-order valence-electron chi connectivity index (χ2n) is 9.97. The molecule has 2 aliphatic rings. The van der Waals surface area contributed by atoms with Gasteiger partial charge in [-0.1, -0.05) is 13.8 Å². The number of carbonyl (C=O) groups is 1. The normalized spacial score (nSPS) is 20.9. The number of anilines is 2. The molecule has 3 aromatic rings. The van der Waals surface area contributed by atoms with Crippen molar-refractivity contribution in [2.45, 2.75) is 52.0 Å². The molecule has 1 N–H and O–H groups in total. The first-order valence-corrected chi connectivity index (χ1v) is 12.7.